The third-order valence-electron chi connectivity index (χ3n) is 7.90. The molecule has 4 aromatic carbocycles. The standard InChI is InChI=1S/C34H26F3NO7/c35-34(36,37)28-10-4-3-8-22(28)21-14-12-19(13-15-21)18-38(29-11-5-7-20-6-1-2-9-23(20)29)30(39)24-16-26(32(42)43)27(33(44)45)17-25(24)31(40)41/h1-4,6,8-10,12-17,29H,5,7,11,18H2,(H,40,41)(H,42,43)(H,44,45). The highest BCUT2D eigenvalue weighted by molar-refractivity contribution is 6.10. The molecule has 0 aromatic heterocycles. The van der Waals surface area contributed by atoms with Gasteiger partial charge in [0.2, 0.25) is 0 Å². The van der Waals surface area contributed by atoms with Crippen molar-refractivity contribution in [3.05, 3.63) is 129 Å². The van der Waals surface area contributed by atoms with Crippen LogP contribution in [0.4, 0.5) is 13.2 Å². The molecular formula is C34H26F3NO7. The number of rotatable bonds is 8. The van der Waals surface area contributed by atoms with Crippen molar-refractivity contribution in [1.82, 2.24) is 4.90 Å². The predicted octanol–water partition coefficient (Wildman–Crippen LogP) is 7.19. The molecule has 11 heteroatoms. The van der Waals surface area contributed by atoms with Crippen LogP contribution in [-0.4, -0.2) is 44.0 Å². The number of nitrogens with zero attached hydrogens (tertiary/aromatic N) is 1. The van der Waals surface area contributed by atoms with Crippen molar-refractivity contribution in [3.8, 4) is 11.1 Å². The molecule has 0 spiro atoms. The Balaban J connectivity index is 1.60. The van der Waals surface area contributed by atoms with Gasteiger partial charge in [-0.15, -0.1) is 0 Å². The molecule has 1 unspecified atom stereocenters. The average molecular weight is 618 g/mol. The van der Waals surface area contributed by atoms with Crippen molar-refractivity contribution in [3.63, 3.8) is 0 Å². The predicted molar refractivity (Wildman–Crippen MR) is 156 cm³/mol. The van der Waals surface area contributed by atoms with Gasteiger partial charge in [-0.2, -0.15) is 13.2 Å². The zero-order valence-corrected chi connectivity index (χ0v) is 23.5. The Morgan fingerprint density at radius 2 is 1.29 bits per heavy atom. The van der Waals surface area contributed by atoms with Crippen molar-refractivity contribution < 1.29 is 47.7 Å². The first-order chi connectivity index (χ1) is 21.4. The number of fused-ring (bicyclic) bond motifs is 1. The fourth-order valence-electron chi connectivity index (χ4n) is 5.81. The van der Waals surface area contributed by atoms with Gasteiger partial charge in [-0.1, -0.05) is 66.7 Å². The van der Waals surface area contributed by atoms with Gasteiger partial charge in [0.1, 0.15) is 0 Å². The number of amides is 1. The topological polar surface area (TPSA) is 132 Å². The van der Waals surface area contributed by atoms with Gasteiger partial charge < -0.3 is 20.2 Å². The fraction of sp³-hybridized carbons (Fsp3) is 0.176. The van der Waals surface area contributed by atoms with Gasteiger partial charge in [-0.25, -0.2) is 14.4 Å². The molecule has 8 nitrogen and oxygen atoms in total. The number of carboxylic acid groups (broad SMARTS) is 3. The van der Waals surface area contributed by atoms with Gasteiger partial charge in [0.15, 0.2) is 0 Å². The summed E-state index contributed by atoms with van der Waals surface area (Å²) in [5.41, 5.74) is -0.868. The minimum absolute atomic E-state index is 0.0171. The quantitative estimate of drug-likeness (QED) is 0.191. The molecule has 5 rings (SSSR count). The van der Waals surface area contributed by atoms with E-state index in [0.717, 1.165) is 29.7 Å². The van der Waals surface area contributed by atoms with E-state index >= 15 is 0 Å². The van der Waals surface area contributed by atoms with Crippen LogP contribution in [0.3, 0.4) is 0 Å². The summed E-state index contributed by atoms with van der Waals surface area (Å²) in [7, 11) is 0. The Morgan fingerprint density at radius 3 is 1.91 bits per heavy atom. The number of carbonyl (C=O) groups is 4. The van der Waals surface area contributed by atoms with E-state index in [1.165, 1.54) is 35.2 Å². The largest absolute Gasteiger partial charge is 0.478 e. The molecule has 1 amide bonds. The number of aryl methyl sites for hydroxylation is 1. The zero-order chi connectivity index (χ0) is 32.5. The van der Waals surface area contributed by atoms with E-state index in [1.54, 1.807) is 18.2 Å². The second-order valence-electron chi connectivity index (χ2n) is 10.6. The molecule has 45 heavy (non-hydrogen) atoms. The highest BCUT2D eigenvalue weighted by atomic mass is 19.4. The number of hydrogen-bond donors (Lipinski definition) is 3. The van der Waals surface area contributed by atoms with Gasteiger partial charge in [-0.3, -0.25) is 4.79 Å². The van der Waals surface area contributed by atoms with Crippen LogP contribution in [0.15, 0.2) is 84.9 Å². The number of aromatic carboxylic acids is 3. The lowest BCUT2D eigenvalue weighted by atomic mass is 9.86. The molecule has 1 aliphatic carbocycles. The maximum absolute atomic E-state index is 14.3. The first-order valence-electron chi connectivity index (χ1n) is 13.9. The van der Waals surface area contributed by atoms with E-state index in [2.05, 4.69) is 0 Å². The van der Waals surface area contributed by atoms with Crippen LogP contribution in [0.25, 0.3) is 11.1 Å². The van der Waals surface area contributed by atoms with Crippen molar-refractivity contribution in [1.29, 1.82) is 0 Å². The van der Waals surface area contributed by atoms with E-state index in [0.29, 0.717) is 30.0 Å². The third kappa shape index (κ3) is 6.28. The van der Waals surface area contributed by atoms with Gasteiger partial charge in [0.25, 0.3) is 5.91 Å². The van der Waals surface area contributed by atoms with Gasteiger partial charge >= 0.3 is 24.1 Å². The molecule has 1 aliphatic rings. The second-order valence-corrected chi connectivity index (χ2v) is 10.6. The minimum atomic E-state index is -4.57. The Kier molecular flexibility index (Phi) is 8.45. The number of carbonyl (C=O) groups excluding carboxylic acids is 1. The lowest BCUT2D eigenvalue weighted by Crippen LogP contribution is -2.37. The number of halogens is 3. The molecule has 1 atom stereocenters. The normalized spacial score (nSPS) is 14.3. The molecule has 0 saturated heterocycles. The first-order valence-corrected chi connectivity index (χ1v) is 13.9. The van der Waals surface area contributed by atoms with Crippen LogP contribution in [0.5, 0.6) is 0 Å². The average Bonchev–Trinajstić information content (AvgIpc) is 3.02. The number of benzene rings is 4. The molecule has 0 fully saturated rings. The van der Waals surface area contributed by atoms with Gasteiger partial charge in [0, 0.05) is 6.54 Å². The zero-order valence-electron chi connectivity index (χ0n) is 23.5. The molecule has 0 saturated carbocycles. The van der Waals surface area contributed by atoms with E-state index in [4.69, 9.17) is 0 Å². The van der Waals surface area contributed by atoms with Gasteiger partial charge in [0.05, 0.1) is 33.9 Å². The molecule has 230 valence electrons. The SMILES string of the molecule is O=C(O)c1cc(C(=O)O)c(C(=O)N(Cc2ccc(-c3ccccc3C(F)(F)F)cc2)C2CCCc3ccccc32)cc1C(=O)O. The summed E-state index contributed by atoms with van der Waals surface area (Å²) in [5.74, 6) is -5.77. The van der Waals surface area contributed by atoms with Gasteiger partial charge in [-0.05, 0) is 65.3 Å². The highest BCUT2D eigenvalue weighted by Crippen LogP contribution is 2.39. The molecule has 0 radical (unpaired) electrons. The van der Waals surface area contributed by atoms with Crippen LogP contribution in [0, 0.1) is 0 Å². The summed E-state index contributed by atoms with van der Waals surface area (Å²) in [6, 6.07) is 19.6. The minimum Gasteiger partial charge on any atom is -0.478 e. The third-order valence-corrected chi connectivity index (χ3v) is 7.90. The van der Waals surface area contributed by atoms with Crippen LogP contribution < -0.4 is 0 Å². The maximum Gasteiger partial charge on any atom is 0.417 e. The highest BCUT2D eigenvalue weighted by Gasteiger charge is 2.35. The van der Waals surface area contributed by atoms with Crippen molar-refractivity contribution >= 4 is 23.8 Å². The second kappa shape index (κ2) is 12.3. The van der Waals surface area contributed by atoms with Crippen LogP contribution in [0.2, 0.25) is 0 Å². The molecule has 0 heterocycles. The van der Waals surface area contributed by atoms with Crippen LogP contribution in [-0.2, 0) is 19.1 Å². The summed E-state index contributed by atoms with van der Waals surface area (Å²) in [5, 5.41) is 29.1. The number of alkyl halides is 3. The van der Waals surface area contributed by atoms with E-state index in [1.807, 2.05) is 18.2 Å². The lowest BCUT2D eigenvalue weighted by Gasteiger charge is -2.36. The van der Waals surface area contributed by atoms with Crippen LogP contribution >= 0.6 is 0 Å². The molecule has 4 aromatic rings. The molecular weight excluding hydrogens is 591 g/mol. The smallest absolute Gasteiger partial charge is 0.417 e. The van der Waals surface area contributed by atoms with Crippen LogP contribution in [0.1, 0.15) is 82.6 Å². The Hall–Kier alpha value is -5.45. The molecule has 0 aliphatic heterocycles. The fourth-order valence-corrected chi connectivity index (χ4v) is 5.81. The van der Waals surface area contributed by atoms with Crippen molar-refractivity contribution in [2.24, 2.45) is 0 Å². The van der Waals surface area contributed by atoms with E-state index in [-0.39, 0.29) is 12.1 Å². The first kappa shape index (κ1) is 31.0. The molecule has 0 bridgehead atoms. The number of carboxylic acids is 3. The number of hydrogen-bond acceptors (Lipinski definition) is 4. The van der Waals surface area contributed by atoms with E-state index < -0.39 is 63.9 Å². The lowest BCUT2D eigenvalue weighted by molar-refractivity contribution is -0.137. The van der Waals surface area contributed by atoms with E-state index in [9.17, 15) is 47.7 Å². The Labute approximate surface area is 255 Å². The Morgan fingerprint density at radius 1 is 0.733 bits per heavy atom. The summed E-state index contributed by atoms with van der Waals surface area (Å²) in [6.45, 7) is -0.0961. The monoisotopic (exact) mass is 617 g/mol. The van der Waals surface area contributed by atoms with Crippen molar-refractivity contribution in [2.75, 3.05) is 0 Å². The maximum atomic E-state index is 14.3. The van der Waals surface area contributed by atoms with Crippen molar-refractivity contribution in [2.45, 2.75) is 38.0 Å². The molecule has 3 N–H and O–H groups in total. The summed E-state index contributed by atoms with van der Waals surface area (Å²) in [4.78, 5) is 51.6. The summed E-state index contributed by atoms with van der Waals surface area (Å²) in [6.07, 6.45) is -2.62. The summed E-state index contributed by atoms with van der Waals surface area (Å²) >= 11 is 0. The summed E-state index contributed by atoms with van der Waals surface area (Å²) < 4.78 is 40.9. The Bertz CT molecular complexity index is 1820.